The summed E-state index contributed by atoms with van der Waals surface area (Å²) in [5.74, 6) is 1.01. The Bertz CT molecular complexity index is 946. The second-order valence-electron chi connectivity index (χ2n) is 6.89. The van der Waals surface area contributed by atoms with E-state index in [0.717, 1.165) is 28.3 Å². The van der Waals surface area contributed by atoms with Crippen molar-refractivity contribution < 1.29 is 22.7 Å². The third kappa shape index (κ3) is 6.13. The summed E-state index contributed by atoms with van der Waals surface area (Å²) in [5.41, 5.74) is 1.46. The van der Waals surface area contributed by atoms with E-state index in [9.17, 15) is 13.2 Å². The molecule has 0 saturated carbocycles. The highest BCUT2D eigenvalue weighted by atomic mass is 32.2. The Morgan fingerprint density at radius 1 is 1.10 bits per heavy atom. The van der Waals surface area contributed by atoms with Crippen molar-refractivity contribution in [1.82, 2.24) is 5.32 Å². The largest absolute Gasteiger partial charge is 0.497 e. The number of methoxy groups -OCH3 is 2. The molecule has 2 rings (SSSR count). The Kier molecular flexibility index (Phi) is 8.53. The fraction of sp³-hybridized carbons (Fsp3) is 0.409. The van der Waals surface area contributed by atoms with Crippen LogP contribution in [0.2, 0.25) is 0 Å². The number of aryl methyl sites for hydroxylation is 1. The molecule has 164 valence electrons. The van der Waals surface area contributed by atoms with Crippen molar-refractivity contribution >= 4 is 21.6 Å². The zero-order valence-electron chi connectivity index (χ0n) is 17.9. The molecule has 0 aromatic heterocycles. The number of nitrogens with zero attached hydrogens (tertiary/aromatic N) is 1. The van der Waals surface area contributed by atoms with Crippen LogP contribution >= 0.6 is 0 Å². The van der Waals surface area contributed by atoms with Gasteiger partial charge in [0.2, 0.25) is 15.9 Å². The van der Waals surface area contributed by atoms with Gasteiger partial charge < -0.3 is 14.8 Å². The first-order valence-electron chi connectivity index (χ1n) is 9.84. The molecular formula is C22H30N2O5S. The molecule has 0 bridgehead atoms. The normalized spacial score (nSPS) is 12.1. The number of carbonyl (C=O) groups excluding carboxylic acids is 1. The number of para-hydroxylation sites is 1. The first-order chi connectivity index (χ1) is 14.3. The summed E-state index contributed by atoms with van der Waals surface area (Å²) in [6.07, 6.45) is 2.89. The number of nitrogens with one attached hydrogen (secondary N) is 1. The maximum absolute atomic E-state index is 12.9. The molecule has 0 unspecified atom stereocenters. The van der Waals surface area contributed by atoms with Crippen LogP contribution in [0.5, 0.6) is 11.5 Å². The Morgan fingerprint density at radius 3 is 2.47 bits per heavy atom. The molecular weight excluding hydrogens is 404 g/mol. The molecule has 0 fully saturated rings. The summed E-state index contributed by atoms with van der Waals surface area (Å²) in [6.45, 7) is 2.22. The quantitative estimate of drug-likeness (QED) is 0.550. The monoisotopic (exact) mass is 434 g/mol. The molecule has 0 spiro atoms. The molecule has 30 heavy (non-hydrogen) atoms. The van der Waals surface area contributed by atoms with E-state index in [4.69, 9.17) is 9.47 Å². The molecule has 0 aliphatic rings. The average molecular weight is 435 g/mol. The number of ether oxygens (including phenoxy) is 2. The molecule has 0 saturated heterocycles. The number of sulfonamides is 1. The Balaban J connectivity index is 2.08. The van der Waals surface area contributed by atoms with Gasteiger partial charge in [-0.1, -0.05) is 31.2 Å². The van der Waals surface area contributed by atoms with E-state index in [0.29, 0.717) is 30.8 Å². The standard InChI is InChI=1S/C22H30N2O5S/c1-5-20(24(30(4,26)27)18-12-8-13-19(16-18)28-2)22(25)23-15-9-11-17-10-6-7-14-21(17)29-3/h6-8,10,12-14,16,20H,5,9,11,15H2,1-4H3,(H,23,25)/t20-/m0/s1. The van der Waals surface area contributed by atoms with Gasteiger partial charge in [-0.25, -0.2) is 8.42 Å². The second kappa shape index (κ2) is 10.9. The molecule has 0 aliphatic heterocycles. The number of anilines is 1. The van der Waals surface area contributed by atoms with Gasteiger partial charge in [-0.05, 0) is 43.0 Å². The maximum Gasteiger partial charge on any atom is 0.243 e. The van der Waals surface area contributed by atoms with Crippen molar-refractivity contribution in [2.45, 2.75) is 32.2 Å². The third-order valence-electron chi connectivity index (χ3n) is 4.75. The average Bonchev–Trinajstić information content (AvgIpc) is 2.74. The van der Waals surface area contributed by atoms with Gasteiger partial charge in [-0.3, -0.25) is 9.10 Å². The van der Waals surface area contributed by atoms with E-state index in [1.807, 2.05) is 24.3 Å². The zero-order valence-corrected chi connectivity index (χ0v) is 18.7. The van der Waals surface area contributed by atoms with Gasteiger partial charge in [0.25, 0.3) is 0 Å². The van der Waals surface area contributed by atoms with E-state index < -0.39 is 16.1 Å². The molecule has 2 aromatic carbocycles. The molecule has 8 heteroatoms. The van der Waals surface area contributed by atoms with Crippen molar-refractivity contribution in [3.63, 3.8) is 0 Å². The number of hydrogen-bond donors (Lipinski definition) is 1. The lowest BCUT2D eigenvalue weighted by Crippen LogP contribution is -2.49. The van der Waals surface area contributed by atoms with Crippen molar-refractivity contribution in [2.75, 3.05) is 31.3 Å². The highest BCUT2D eigenvalue weighted by molar-refractivity contribution is 7.92. The number of hydrogen-bond acceptors (Lipinski definition) is 5. The van der Waals surface area contributed by atoms with Crippen LogP contribution < -0.4 is 19.1 Å². The van der Waals surface area contributed by atoms with E-state index >= 15 is 0 Å². The molecule has 1 N–H and O–H groups in total. The predicted octanol–water partition coefficient (Wildman–Crippen LogP) is 3.00. The first kappa shape index (κ1) is 23.5. The number of benzene rings is 2. The smallest absolute Gasteiger partial charge is 0.243 e. The summed E-state index contributed by atoms with van der Waals surface area (Å²) in [6, 6.07) is 13.6. The van der Waals surface area contributed by atoms with Crippen LogP contribution in [0.1, 0.15) is 25.3 Å². The predicted molar refractivity (Wildman–Crippen MR) is 119 cm³/mol. The summed E-state index contributed by atoms with van der Waals surface area (Å²) in [4.78, 5) is 12.9. The second-order valence-corrected chi connectivity index (χ2v) is 8.75. The molecule has 1 amide bonds. The van der Waals surface area contributed by atoms with E-state index in [-0.39, 0.29) is 5.91 Å². The summed E-state index contributed by atoms with van der Waals surface area (Å²) < 4.78 is 36.7. The van der Waals surface area contributed by atoms with Crippen LogP contribution in [-0.2, 0) is 21.2 Å². The lowest BCUT2D eigenvalue weighted by molar-refractivity contribution is -0.122. The van der Waals surface area contributed by atoms with Gasteiger partial charge in [-0.15, -0.1) is 0 Å². The van der Waals surface area contributed by atoms with Gasteiger partial charge in [0, 0.05) is 12.6 Å². The molecule has 0 heterocycles. The number of amides is 1. The summed E-state index contributed by atoms with van der Waals surface area (Å²) in [5, 5.41) is 2.88. The highest BCUT2D eigenvalue weighted by Gasteiger charge is 2.31. The van der Waals surface area contributed by atoms with Gasteiger partial charge >= 0.3 is 0 Å². The fourth-order valence-corrected chi connectivity index (χ4v) is 4.53. The fourth-order valence-electron chi connectivity index (χ4n) is 3.33. The highest BCUT2D eigenvalue weighted by Crippen LogP contribution is 2.26. The van der Waals surface area contributed by atoms with Crippen LogP contribution in [0.4, 0.5) is 5.69 Å². The van der Waals surface area contributed by atoms with Gasteiger partial charge in [0.15, 0.2) is 0 Å². The van der Waals surface area contributed by atoms with Crippen molar-refractivity contribution in [3.8, 4) is 11.5 Å². The van der Waals surface area contributed by atoms with Crippen LogP contribution in [0.15, 0.2) is 48.5 Å². The Labute approximate surface area is 179 Å². The molecule has 1 atom stereocenters. The van der Waals surface area contributed by atoms with E-state index in [1.54, 1.807) is 38.3 Å². The lowest BCUT2D eigenvalue weighted by Gasteiger charge is -2.30. The van der Waals surface area contributed by atoms with Crippen molar-refractivity contribution in [3.05, 3.63) is 54.1 Å². The van der Waals surface area contributed by atoms with Crippen molar-refractivity contribution in [1.29, 1.82) is 0 Å². The van der Waals surface area contributed by atoms with Gasteiger partial charge in [-0.2, -0.15) is 0 Å². The van der Waals surface area contributed by atoms with E-state index in [2.05, 4.69) is 5.32 Å². The van der Waals surface area contributed by atoms with Crippen LogP contribution in [-0.4, -0.2) is 47.4 Å². The summed E-state index contributed by atoms with van der Waals surface area (Å²) >= 11 is 0. The van der Waals surface area contributed by atoms with Gasteiger partial charge in [0.05, 0.1) is 26.2 Å². The maximum atomic E-state index is 12.9. The number of rotatable bonds is 11. The van der Waals surface area contributed by atoms with Crippen LogP contribution in [0, 0.1) is 0 Å². The minimum absolute atomic E-state index is 0.328. The van der Waals surface area contributed by atoms with Gasteiger partial charge in [0.1, 0.15) is 17.5 Å². The summed E-state index contributed by atoms with van der Waals surface area (Å²) in [7, 11) is -0.542. The minimum atomic E-state index is -3.68. The Morgan fingerprint density at radius 2 is 1.83 bits per heavy atom. The molecule has 0 radical (unpaired) electrons. The molecule has 7 nitrogen and oxygen atoms in total. The first-order valence-corrected chi connectivity index (χ1v) is 11.7. The minimum Gasteiger partial charge on any atom is -0.497 e. The SMILES string of the molecule is CC[C@@H](C(=O)NCCCc1ccccc1OC)N(c1cccc(OC)c1)S(C)(=O)=O. The topological polar surface area (TPSA) is 84.9 Å². The third-order valence-corrected chi connectivity index (χ3v) is 5.93. The molecule has 0 aliphatic carbocycles. The lowest BCUT2D eigenvalue weighted by atomic mass is 10.1. The van der Waals surface area contributed by atoms with Crippen molar-refractivity contribution in [2.24, 2.45) is 0 Å². The zero-order chi connectivity index (χ0) is 22.1. The van der Waals surface area contributed by atoms with E-state index in [1.165, 1.54) is 7.11 Å². The Hall–Kier alpha value is -2.74. The van der Waals surface area contributed by atoms with Crippen LogP contribution in [0.25, 0.3) is 0 Å². The van der Waals surface area contributed by atoms with Crippen LogP contribution in [0.3, 0.4) is 0 Å². The number of carbonyl (C=O) groups is 1. The molecule has 2 aromatic rings.